The van der Waals surface area contributed by atoms with E-state index >= 15 is 0 Å². The van der Waals surface area contributed by atoms with Gasteiger partial charge in [0.05, 0.1) is 10.5 Å². The fourth-order valence-corrected chi connectivity index (χ4v) is 1.79. The summed E-state index contributed by atoms with van der Waals surface area (Å²) in [7, 11) is 0. The van der Waals surface area contributed by atoms with Crippen LogP contribution in [0.15, 0.2) is 28.7 Å². The van der Waals surface area contributed by atoms with Gasteiger partial charge in [0.15, 0.2) is 0 Å². The van der Waals surface area contributed by atoms with Crippen molar-refractivity contribution >= 4 is 17.3 Å². The molecule has 2 aromatic rings. The van der Waals surface area contributed by atoms with Crippen molar-refractivity contribution in [1.29, 1.82) is 0 Å². The minimum Gasteiger partial charge on any atom is -0.458 e. The molecule has 94 valence electrons. The first-order chi connectivity index (χ1) is 8.52. The van der Waals surface area contributed by atoms with Gasteiger partial charge in [-0.15, -0.1) is 0 Å². The van der Waals surface area contributed by atoms with Gasteiger partial charge in [0.25, 0.3) is 5.69 Å². The average Bonchev–Trinajstić information content (AvgIpc) is 2.80. The van der Waals surface area contributed by atoms with E-state index in [0.29, 0.717) is 27.7 Å². The van der Waals surface area contributed by atoms with Gasteiger partial charge in [-0.1, -0.05) is 11.6 Å². The molecule has 0 aliphatic heterocycles. The molecule has 1 N–H and O–H groups in total. The highest BCUT2D eigenvalue weighted by Crippen LogP contribution is 2.35. The molecule has 1 aromatic heterocycles. The average molecular weight is 268 g/mol. The largest absolute Gasteiger partial charge is 0.458 e. The first kappa shape index (κ1) is 12.6. The lowest BCUT2D eigenvalue weighted by Gasteiger charge is -2.03. The smallest absolute Gasteiger partial charge is 0.280 e. The third kappa shape index (κ3) is 2.23. The molecule has 0 aliphatic rings. The number of nitrogens with zero attached hydrogens (tertiary/aromatic N) is 1. The Balaban J connectivity index is 2.61. The first-order valence-electron chi connectivity index (χ1n) is 5.17. The van der Waals surface area contributed by atoms with Crippen LogP contribution in [0.4, 0.5) is 5.69 Å². The van der Waals surface area contributed by atoms with Crippen LogP contribution < -0.4 is 0 Å². The van der Waals surface area contributed by atoms with Gasteiger partial charge in [0.2, 0.25) is 0 Å². The quantitative estimate of drug-likeness (QED) is 0.684. The number of aryl methyl sites for hydroxylation is 1. The molecule has 0 fully saturated rings. The highest BCUT2D eigenvalue weighted by molar-refractivity contribution is 6.31. The summed E-state index contributed by atoms with van der Waals surface area (Å²) in [6.45, 7) is 1.44. The Morgan fingerprint density at radius 2 is 2.17 bits per heavy atom. The number of halogens is 1. The molecular formula is C12H10ClNO4. The van der Waals surface area contributed by atoms with E-state index in [2.05, 4.69) is 0 Å². The summed E-state index contributed by atoms with van der Waals surface area (Å²) in [6, 6.07) is 6.03. The van der Waals surface area contributed by atoms with Crippen molar-refractivity contribution in [3.05, 3.63) is 50.7 Å². The van der Waals surface area contributed by atoms with Gasteiger partial charge >= 0.3 is 0 Å². The van der Waals surface area contributed by atoms with Gasteiger partial charge < -0.3 is 9.52 Å². The van der Waals surface area contributed by atoms with Crippen LogP contribution in [0, 0.1) is 17.0 Å². The van der Waals surface area contributed by atoms with E-state index in [1.165, 1.54) is 12.1 Å². The zero-order valence-electron chi connectivity index (χ0n) is 9.51. The van der Waals surface area contributed by atoms with Crippen LogP contribution in [0.1, 0.15) is 11.3 Å². The number of nitro benzene ring substituents is 1. The van der Waals surface area contributed by atoms with Crippen LogP contribution in [-0.4, -0.2) is 10.0 Å². The van der Waals surface area contributed by atoms with E-state index in [-0.39, 0.29) is 12.3 Å². The SMILES string of the molecule is Cc1cc([N+](=O)[O-])c(-c2ccc(CO)o2)cc1Cl. The summed E-state index contributed by atoms with van der Waals surface area (Å²) in [5, 5.41) is 20.4. The van der Waals surface area contributed by atoms with Crippen molar-refractivity contribution in [1.82, 2.24) is 0 Å². The molecule has 6 heteroatoms. The maximum Gasteiger partial charge on any atom is 0.280 e. The number of nitro groups is 1. The molecule has 0 saturated carbocycles. The summed E-state index contributed by atoms with van der Waals surface area (Å²) in [5.41, 5.74) is 0.854. The molecule has 0 amide bonds. The maximum absolute atomic E-state index is 11.0. The Morgan fingerprint density at radius 3 is 2.72 bits per heavy atom. The van der Waals surface area contributed by atoms with Crippen LogP contribution >= 0.6 is 11.6 Å². The summed E-state index contributed by atoms with van der Waals surface area (Å²) < 4.78 is 5.29. The van der Waals surface area contributed by atoms with Crippen molar-refractivity contribution in [3.8, 4) is 11.3 Å². The van der Waals surface area contributed by atoms with Crippen molar-refractivity contribution in [2.75, 3.05) is 0 Å². The summed E-state index contributed by atoms with van der Waals surface area (Å²) in [4.78, 5) is 10.5. The van der Waals surface area contributed by atoms with Gasteiger partial charge in [-0.2, -0.15) is 0 Å². The molecule has 2 rings (SSSR count). The molecule has 0 aliphatic carbocycles. The van der Waals surface area contributed by atoms with Crippen LogP contribution in [0.3, 0.4) is 0 Å². The number of aliphatic hydroxyl groups excluding tert-OH is 1. The number of benzene rings is 1. The van der Waals surface area contributed by atoms with Crippen molar-refractivity contribution in [3.63, 3.8) is 0 Å². The lowest BCUT2D eigenvalue weighted by molar-refractivity contribution is -0.384. The van der Waals surface area contributed by atoms with E-state index in [1.54, 1.807) is 19.1 Å². The van der Waals surface area contributed by atoms with E-state index in [4.69, 9.17) is 21.1 Å². The predicted molar refractivity (Wildman–Crippen MR) is 66.5 cm³/mol. The van der Waals surface area contributed by atoms with E-state index < -0.39 is 4.92 Å². The lowest BCUT2D eigenvalue weighted by atomic mass is 10.1. The molecule has 0 bridgehead atoms. The summed E-state index contributed by atoms with van der Waals surface area (Å²) in [6.07, 6.45) is 0. The molecule has 1 heterocycles. The second kappa shape index (κ2) is 4.80. The second-order valence-corrected chi connectivity index (χ2v) is 4.21. The maximum atomic E-state index is 11.0. The molecule has 0 atom stereocenters. The Labute approximate surface area is 108 Å². The van der Waals surface area contributed by atoms with Gasteiger partial charge in [-0.05, 0) is 30.7 Å². The van der Waals surface area contributed by atoms with Crippen LogP contribution in [-0.2, 0) is 6.61 Å². The van der Waals surface area contributed by atoms with Gasteiger partial charge in [-0.3, -0.25) is 10.1 Å². The van der Waals surface area contributed by atoms with E-state index in [9.17, 15) is 10.1 Å². The van der Waals surface area contributed by atoms with Crippen LogP contribution in [0.2, 0.25) is 5.02 Å². The topological polar surface area (TPSA) is 76.5 Å². The third-order valence-electron chi connectivity index (χ3n) is 2.56. The fraction of sp³-hybridized carbons (Fsp3) is 0.167. The molecule has 0 spiro atoms. The van der Waals surface area contributed by atoms with Gasteiger partial charge in [0.1, 0.15) is 18.1 Å². The van der Waals surface area contributed by atoms with Crippen molar-refractivity contribution in [2.45, 2.75) is 13.5 Å². The molecule has 0 unspecified atom stereocenters. The zero-order valence-corrected chi connectivity index (χ0v) is 10.3. The summed E-state index contributed by atoms with van der Waals surface area (Å²) >= 11 is 5.97. The molecule has 5 nitrogen and oxygen atoms in total. The zero-order chi connectivity index (χ0) is 13.3. The Morgan fingerprint density at radius 1 is 1.44 bits per heavy atom. The van der Waals surface area contributed by atoms with Gasteiger partial charge in [0, 0.05) is 11.1 Å². The summed E-state index contributed by atoms with van der Waals surface area (Å²) in [5.74, 6) is 0.656. The van der Waals surface area contributed by atoms with Crippen molar-refractivity contribution < 1.29 is 14.4 Å². The first-order valence-corrected chi connectivity index (χ1v) is 5.55. The molecule has 1 aromatic carbocycles. The molecule has 0 radical (unpaired) electrons. The minimum atomic E-state index is -0.486. The molecular weight excluding hydrogens is 258 g/mol. The normalized spacial score (nSPS) is 10.6. The van der Waals surface area contributed by atoms with Crippen molar-refractivity contribution in [2.24, 2.45) is 0 Å². The number of aliphatic hydroxyl groups is 1. The predicted octanol–water partition coefficient (Wildman–Crippen LogP) is 3.31. The van der Waals surface area contributed by atoms with Crippen LogP contribution in [0.5, 0.6) is 0 Å². The third-order valence-corrected chi connectivity index (χ3v) is 2.96. The Hall–Kier alpha value is -1.85. The Kier molecular flexibility index (Phi) is 3.36. The van der Waals surface area contributed by atoms with Gasteiger partial charge in [-0.25, -0.2) is 0 Å². The minimum absolute atomic E-state index is 0.0734. The number of hydrogen-bond acceptors (Lipinski definition) is 4. The highest BCUT2D eigenvalue weighted by atomic mass is 35.5. The standard InChI is InChI=1S/C12H10ClNO4/c1-7-4-11(14(16)17)9(5-10(7)13)12-3-2-8(6-15)18-12/h2-5,15H,6H2,1H3. The van der Waals surface area contributed by atoms with Crippen LogP contribution in [0.25, 0.3) is 11.3 Å². The highest BCUT2D eigenvalue weighted by Gasteiger charge is 2.20. The second-order valence-electron chi connectivity index (χ2n) is 3.80. The lowest BCUT2D eigenvalue weighted by Crippen LogP contribution is -1.93. The number of hydrogen-bond donors (Lipinski definition) is 1. The molecule has 0 saturated heterocycles. The van der Waals surface area contributed by atoms with E-state index in [0.717, 1.165) is 0 Å². The van der Waals surface area contributed by atoms with E-state index in [1.807, 2.05) is 0 Å². The molecule has 18 heavy (non-hydrogen) atoms. The number of rotatable bonds is 3. The number of furan rings is 1. The Bertz CT molecular complexity index is 606. The fourth-order valence-electron chi connectivity index (χ4n) is 1.62. The monoisotopic (exact) mass is 267 g/mol.